The van der Waals surface area contributed by atoms with Gasteiger partial charge in [0.05, 0.1) is 10.7 Å². The number of pyridine rings is 1. The molecule has 0 aliphatic rings. The van der Waals surface area contributed by atoms with Crippen molar-refractivity contribution >= 4 is 28.9 Å². The molecule has 0 unspecified atom stereocenters. The second-order valence-corrected chi connectivity index (χ2v) is 4.32. The first-order valence-electron chi connectivity index (χ1n) is 5.35. The molecule has 5 heteroatoms. The third-order valence-electron chi connectivity index (χ3n) is 2.39. The smallest absolute Gasteiger partial charge is 0.274 e. The first-order valence-corrected chi connectivity index (χ1v) is 5.73. The summed E-state index contributed by atoms with van der Waals surface area (Å²) < 4.78 is 0. The van der Waals surface area contributed by atoms with Gasteiger partial charge in [0.15, 0.2) is 0 Å². The summed E-state index contributed by atoms with van der Waals surface area (Å²) in [6.07, 6.45) is 1.49. The van der Waals surface area contributed by atoms with E-state index in [0.29, 0.717) is 16.4 Å². The number of hydrogen-bond donors (Lipinski definition) is 2. The van der Waals surface area contributed by atoms with Gasteiger partial charge in [-0.25, -0.2) is 0 Å². The van der Waals surface area contributed by atoms with Gasteiger partial charge in [0, 0.05) is 11.9 Å². The number of nitrogens with zero attached hydrogens (tertiary/aromatic N) is 1. The Balaban J connectivity index is 2.24. The SMILES string of the molecule is Cc1ccc(Cl)c(NC(=O)c2cc(N)ccn2)c1. The van der Waals surface area contributed by atoms with Gasteiger partial charge in [-0.05, 0) is 36.8 Å². The Labute approximate surface area is 110 Å². The van der Waals surface area contributed by atoms with Gasteiger partial charge in [0.25, 0.3) is 5.91 Å². The van der Waals surface area contributed by atoms with Gasteiger partial charge in [-0.15, -0.1) is 0 Å². The van der Waals surface area contributed by atoms with Crippen LogP contribution in [0.5, 0.6) is 0 Å². The minimum atomic E-state index is -0.338. The maximum atomic E-state index is 11.9. The highest BCUT2D eigenvalue weighted by Crippen LogP contribution is 2.23. The van der Waals surface area contributed by atoms with Gasteiger partial charge in [-0.3, -0.25) is 9.78 Å². The highest BCUT2D eigenvalue weighted by molar-refractivity contribution is 6.33. The van der Waals surface area contributed by atoms with Crippen LogP contribution >= 0.6 is 11.6 Å². The summed E-state index contributed by atoms with van der Waals surface area (Å²) in [4.78, 5) is 15.9. The van der Waals surface area contributed by atoms with Crippen LogP contribution in [0.3, 0.4) is 0 Å². The van der Waals surface area contributed by atoms with Gasteiger partial charge < -0.3 is 11.1 Å². The molecule has 1 heterocycles. The van der Waals surface area contributed by atoms with Crippen LogP contribution in [0.25, 0.3) is 0 Å². The molecular formula is C13H12ClN3O. The lowest BCUT2D eigenvalue weighted by Gasteiger charge is -2.07. The molecule has 2 rings (SSSR count). The lowest BCUT2D eigenvalue weighted by Crippen LogP contribution is -2.14. The summed E-state index contributed by atoms with van der Waals surface area (Å²) >= 11 is 6.00. The monoisotopic (exact) mass is 261 g/mol. The highest BCUT2D eigenvalue weighted by atomic mass is 35.5. The third-order valence-corrected chi connectivity index (χ3v) is 2.72. The van der Waals surface area contributed by atoms with E-state index >= 15 is 0 Å². The van der Waals surface area contributed by atoms with E-state index < -0.39 is 0 Å². The number of rotatable bonds is 2. The Morgan fingerprint density at radius 1 is 1.33 bits per heavy atom. The van der Waals surface area contributed by atoms with Gasteiger partial charge in [-0.1, -0.05) is 17.7 Å². The predicted molar refractivity (Wildman–Crippen MR) is 72.8 cm³/mol. The van der Waals surface area contributed by atoms with E-state index in [1.54, 1.807) is 18.2 Å². The number of nitrogen functional groups attached to an aromatic ring is 1. The standard InChI is InChI=1S/C13H12ClN3O/c1-8-2-3-10(14)11(6-8)17-13(18)12-7-9(15)4-5-16-12/h2-7H,1H3,(H2,15,16)(H,17,18). The molecule has 2 aromatic rings. The third kappa shape index (κ3) is 2.78. The van der Waals surface area contributed by atoms with E-state index in [-0.39, 0.29) is 11.6 Å². The zero-order chi connectivity index (χ0) is 13.1. The number of aromatic nitrogens is 1. The number of aryl methyl sites for hydroxylation is 1. The highest BCUT2D eigenvalue weighted by Gasteiger charge is 2.10. The van der Waals surface area contributed by atoms with E-state index in [0.717, 1.165) is 5.56 Å². The molecule has 0 saturated heterocycles. The van der Waals surface area contributed by atoms with Crippen molar-refractivity contribution in [2.45, 2.75) is 6.92 Å². The van der Waals surface area contributed by atoms with Crippen molar-refractivity contribution in [3.63, 3.8) is 0 Å². The molecule has 0 spiro atoms. The van der Waals surface area contributed by atoms with Crippen LogP contribution in [0.15, 0.2) is 36.5 Å². The minimum Gasteiger partial charge on any atom is -0.399 e. The van der Waals surface area contributed by atoms with Crippen LogP contribution in [-0.2, 0) is 0 Å². The average Bonchev–Trinajstić information content (AvgIpc) is 2.34. The van der Waals surface area contributed by atoms with Crippen molar-refractivity contribution in [3.8, 4) is 0 Å². The van der Waals surface area contributed by atoms with Crippen molar-refractivity contribution in [2.24, 2.45) is 0 Å². The van der Waals surface area contributed by atoms with Gasteiger partial charge in [0.1, 0.15) is 5.69 Å². The van der Waals surface area contributed by atoms with E-state index in [1.807, 2.05) is 13.0 Å². The van der Waals surface area contributed by atoms with Gasteiger partial charge in [0.2, 0.25) is 0 Å². The Morgan fingerprint density at radius 3 is 2.83 bits per heavy atom. The van der Waals surface area contributed by atoms with E-state index in [9.17, 15) is 4.79 Å². The summed E-state index contributed by atoms with van der Waals surface area (Å²) in [5, 5.41) is 3.19. The summed E-state index contributed by atoms with van der Waals surface area (Å²) in [5.74, 6) is -0.338. The quantitative estimate of drug-likeness (QED) is 0.873. The molecule has 1 aromatic carbocycles. The van der Waals surface area contributed by atoms with Crippen molar-refractivity contribution in [1.82, 2.24) is 4.98 Å². The molecule has 0 atom stereocenters. The van der Waals surface area contributed by atoms with Crippen LogP contribution in [0.1, 0.15) is 16.1 Å². The first kappa shape index (κ1) is 12.4. The Hall–Kier alpha value is -2.07. The zero-order valence-electron chi connectivity index (χ0n) is 9.77. The molecule has 0 radical (unpaired) electrons. The number of hydrogen-bond acceptors (Lipinski definition) is 3. The van der Waals surface area contributed by atoms with Gasteiger partial charge in [-0.2, -0.15) is 0 Å². The number of halogens is 1. The average molecular weight is 262 g/mol. The Morgan fingerprint density at radius 2 is 2.11 bits per heavy atom. The number of anilines is 2. The number of amides is 1. The van der Waals surface area contributed by atoms with Crippen molar-refractivity contribution in [3.05, 3.63) is 52.8 Å². The van der Waals surface area contributed by atoms with Crippen LogP contribution < -0.4 is 11.1 Å². The summed E-state index contributed by atoms with van der Waals surface area (Å²) in [6.45, 7) is 1.92. The molecule has 0 aliphatic carbocycles. The Bertz CT molecular complexity index is 599. The lowest BCUT2D eigenvalue weighted by molar-refractivity contribution is 0.102. The van der Waals surface area contributed by atoms with E-state index in [4.69, 9.17) is 17.3 Å². The van der Waals surface area contributed by atoms with Crippen molar-refractivity contribution in [1.29, 1.82) is 0 Å². The zero-order valence-corrected chi connectivity index (χ0v) is 10.5. The summed E-state index contributed by atoms with van der Waals surface area (Å²) in [6, 6.07) is 8.54. The van der Waals surface area contributed by atoms with E-state index in [1.165, 1.54) is 12.3 Å². The molecule has 0 aliphatic heterocycles. The molecule has 4 nitrogen and oxygen atoms in total. The lowest BCUT2D eigenvalue weighted by atomic mass is 10.2. The number of benzene rings is 1. The second kappa shape index (κ2) is 5.06. The molecule has 92 valence electrons. The fraction of sp³-hybridized carbons (Fsp3) is 0.0769. The molecule has 0 saturated carbocycles. The molecule has 18 heavy (non-hydrogen) atoms. The summed E-state index contributed by atoms with van der Waals surface area (Å²) in [7, 11) is 0. The number of carbonyl (C=O) groups is 1. The molecular weight excluding hydrogens is 250 g/mol. The fourth-order valence-corrected chi connectivity index (χ4v) is 1.66. The first-order chi connectivity index (χ1) is 8.56. The van der Waals surface area contributed by atoms with Crippen LogP contribution in [0, 0.1) is 6.92 Å². The molecule has 0 fully saturated rings. The fourth-order valence-electron chi connectivity index (χ4n) is 1.49. The largest absolute Gasteiger partial charge is 0.399 e. The Kier molecular flexibility index (Phi) is 3.48. The number of nitrogens with two attached hydrogens (primary N) is 1. The van der Waals surface area contributed by atoms with Crippen molar-refractivity contribution < 1.29 is 4.79 Å². The van der Waals surface area contributed by atoms with Crippen LogP contribution in [0.2, 0.25) is 5.02 Å². The number of carbonyl (C=O) groups excluding carboxylic acids is 1. The molecule has 1 aromatic heterocycles. The van der Waals surface area contributed by atoms with Crippen molar-refractivity contribution in [2.75, 3.05) is 11.1 Å². The van der Waals surface area contributed by atoms with Gasteiger partial charge >= 0.3 is 0 Å². The topological polar surface area (TPSA) is 68.0 Å². The summed E-state index contributed by atoms with van der Waals surface area (Å²) in [5.41, 5.74) is 7.92. The maximum absolute atomic E-state index is 11.9. The van der Waals surface area contributed by atoms with Crippen LogP contribution in [-0.4, -0.2) is 10.9 Å². The molecule has 0 bridgehead atoms. The normalized spacial score (nSPS) is 10.1. The minimum absolute atomic E-state index is 0.257. The van der Waals surface area contributed by atoms with E-state index in [2.05, 4.69) is 10.3 Å². The molecule has 3 N–H and O–H groups in total. The predicted octanol–water partition coefficient (Wildman–Crippen LogP) is 2.88. The maximum Gasteiger partial charge on any atom is 0.274 e. The second-order valence-electron chi connectivity index (χ2n) is 3.91. The van der Waals surface area contributed by atoms with Crippen LogP contribution in [0.4, 0.5) is 11.4 Å². The molecule has 1 amide bonds. The number of nitrogens with one attached hydrogen (secondary N) is 1.